The highest BCUT2D eigenvalue weighted by Gasteiger charge is 2.20. The van der Waals surface area contributed by atoms with Crippen LogP contribution in [0.1, 0.15) is 5.56 Å². The van der Waals surface area contributed by atoms with Crippen LogP contribution in [-0.4, -0.2) is 51.3 Å². The lowest BCUT2D eigenvalue weighted by atomic mass is 10.2. The summed E-state index contributed by atoms with van der Waals surface area (Å²) in [5.41, 5.74) is 2.62. The molecule has 1 aromatic rings. The lowest BCUT2D eigenvalue weighted by molar-refractivity contribution is 0.0248. The zero-order valence-electron chi connectivity index (χ0n) is 11.0. The van der Waals surface area contributed by atoms with Crippen LogP contribution in [0, 0.1) is 6.92 Å². The maximum Gasteiger partial charge on any atom is 0.0877 e. The summed E-state index contributed by atoms with van der Waals surface area (Å²) in [5.74, 6) is 0. The summed E-state index contributed by atoms with van der Waals surface area (Å²) in [4.78, 5) is 4.60. The first-order valence-electron chi connectivity index (χ1n) is 6.23. The molecular weight excluding hydrogens is 212 g/mol. The van der Waals surface area contributed by atoms with Crippen LogP contribution in [0.15, 0.2) is 24.3 Å². The zero-order chi connectivity index (χ0) is 12.3. The van der Waals surface area contributed by atoms with Crippen molar-refractivity contribution in [3.8, 4) is 0 Å². The SMILES string of the molecule is Cc1ccc(N2CCO[C@H](CN(C)C)C2)cc1. The highest BCUT2D eigenvalue weighted by molar-refractivity contribution is 5.47. The normalized spacial score (nSPS) is 20.9. The second-order valence-corrected chi connectivity index (χ2v) is 5.04. The van der Waals surface area contributed by atoms with E-state index < -0.39 is 0 Å². The smallest absolute Gasteiger partial charge is 0.0877 e. The Hall–Kier alpha value is -1.06. The van der Waals surface area contributed by atoms with Gasteiger partial charge in [0, 0.05) is 25.3 Å². The van der Waals surface area contributed by atoms with Gasteiger partial charge >= 0.3 is 0 Å². The molecule has 17 heavy (non-hydrogen) atoms. The first-order valence-corrected chi connectivity index (χ1v) is 6.23. The minimum absolute atomic E-state index is 0.319. The first-order chi connectivity index (χ1) is 8.15. The fourth-order valence-corrected chi connectivity index (χ4v) is 2.23. The standard InChI is InChI=1S/C14H22N2O/c1-12-4-6-13(7-5-12)16-8-9-17-14(11-16)10-15(2)3/h4-7,14H,8-11H2,1-3H3/t14-/m1/s1. The van der Waals surface area contributed by atoms with E-state index in [0.29, 0.717) is 6.10 Å². The molecule has 0 aromatic heterocycles. The van der Waals surface area contributed by atoms with Gasteiger partial charge in [0.2, 0.25) is 0 Å². The molecule has 3 nitrogen and oxygen atoms in total. The third kappa shape index (κ3) is 3.45. The van der Waals surface area contributed by atoms with Gasteiger partial charge in [-0.2, -0.15) is 0 Å². The van der Waals surface area contributed by atoms with Gasteiger partial charge in [0.05, 0.1) is 12.7 Å². The van der Waals surface area contributed by atoms with Gasteiger partial charge in [-0.05, 0) is 33.2 Å². The van der Waals surface area contributed by atoms with E-state index in [1.54, 1.807) is 0 Å². The molecule has 1 heterocycles. The molecule has 1 saturated heterocycles. The molecule has 2 rings (SSSR count). The Kier molecular flexibility index (Phi) is 4.02. The van der Waals surface area contributed by atoms with Crippen molar-refractivity contribution >= 4 is 5.69 Å². The Balaban J connectivity index is 1.99. The molecule has 3 heteroatoms. The summed E-state index contributed by atoms with van der Waals surface area (Å²) >= 11 is 0. The Morgan fingerprint density at radius 2 is 2.00 bits per heavy atom. The second kappa shape index (κ2) is 5.52. The minimum Gasteiger partial charge on any atom is -0.373 e. The number of aryl methyl sites for hydroxylation is 1. The molecule has 0 unspecified atom stereocenters. The van der Waals surface area contributed by atoms with Gasteiger partial charge in [-0.15, -0.1) is 0 Å². The number of ether oxygens (including phenoxy) is 1. The topological polar surface area (TPSA) is 15.7 Å². The molecule has 1 aliphatic rings. The van der Waals surface area contributed by atoms with Crippen molar-refractivity contribution in [2.24, 2.45) is 0 Å². The van der Waals surface area contributed by atoms with Crippen molar-refractivity contribution in [3.63, 3.8) is 0 Å². The number of hydrogen-bond donors (Lipinski definition) is 0. The third-order valence-corrected chi connectivity index (χ3v) is 3.11. The average molecular weight is 234 g/mol. The predicted octanol–water partition coefficient (Wildman–Crippen LogP) is 1.76. The molecule has 0 saturated carbocycles. The highest BCUT2D eigenvalue weighted by Crippen LogP contribution is 2.18. The Morgan fingerprint density at radius 3 is 2.65 bits per heavy atom. The minimum atomic E-state index is 0.319. The molecule has 1 atom stereocenters. The third-order valence-electron chi connectivity index (χ3n) is 3.11. The summed E-state index contributed by atoms with van der Waals surface area (Å²) in [7, 11) is 4.18. The molecule has 0 bridgehead atoms. The average Bonchev–Trinajstić information content (AvgIpc) is 2.29. The Bertz CT molecular complexity index is 348. The van der Waals surface area contributed by atoms with Gasteiger partial charge in [0.25, 0.3) is 0 Å². The molecule has 1 fully saturated rings. The summed E-state index contributed by atoms with van der Waals surface area (Å²) < 4.78 is 5.78. The van der Waals surface area contributed by atoms with E-state index in [0.717, 1.165) is 26.2 Å². The van der Waals surface area contributed by atoms with Crippen LogP contribution < -0.4 is 4.90 Å². The van der Waals surface area contributed by atoms with E-state index in [1.165, 1.54) is 11.3 Å². The number of anilines is 1. The molecule has 0 aliphatic carbocycles. The monoisotopic (exact) mass is 234 g/mol. The maximum absolute atomic E-state index is 5.78. The van der Waals surface area contributed by atoms with Crippen LogP contribution in [0.4, 0.5) is 5.69 Å². The van der Waals surface area contributed by atoms with Crippen LogP contribution in [0.3, 0.4) is 0 Å². The number of likely N-dealkylation sites (N-methyl/N-ethyl adjacent to an activating group) is 1. The van der Waals surface area contributed by atoms with Crippen molar-refractivity contribution in [2.45, 2.75) is 13.0 Å². The molecule has 94 valence electrons. The molecule has 0 radical (unpaired) electrons. The van der Waals surface area contributed by atoms with Crippen LogP contribution in [0.2, 0.25) is 0 Å². The van der Waals surface area contributed by atoms with E-state index in [1.807, 2.05) is 0 Å². The van der Waals surface area contributed by atoms with Crippen LogP contribution in [0.25, 0.3) is 0 Å². The van der Waals surface area contributed by atoms with E-state index in [9.17, 15) is 0 Å². The molecule has 0 spiro atoms. The first kappa shape index (κ1) is 12.4. The van der Waals surface area contributed by atoms with E-state index in [4.69, 9.17) is 4.74 Å². The molecule has 0 N–H and O–H groups in total. The molecular formula is C14H22N2O. The van der Waals surface area contributed by atoms with Gasteiger partial charge < -0.3 is 14.5 Å². The van der Waals surface area contributed by atoms with Crippen molar-refractivity contribution in [1.29, 1.82) is 0 Å². The van der Waals surface area contributed by atoms with E-state index in [2.05, 4.69) is 55.1 Å². The van der Waals surface area contributed by atoms with E-state index in [-0.39, 0.29) is 0 Å². The molecule has 1 aliphatic heterocycles. The van der Waals surface area contributed by atoms with Gasteiger partial charge in [-0.3, -0.25) is 0 Å². The van der Waals surface area contributed by atoms with Gasteiger partial charge in [-0.1, -0.05) is 17.7 Å². The predicted molar refractivity (Wildman–Crippen MR) is 71.7 cm³/mol. The number of morpholine rings is 1. The lowest BCUT2D eigenvalue weighted by Gasteiger charge is -2.35. The number of rotatable bonds is 3. The Morgan fingerprint density at radius 1 is 1.29 bits per heavy atom. The summed E-state index contributed by atoms with van der Waals surface area (Å²) in [6, 6.07) is 8.75. The van der Waals surface area contributed by atoms with Gasteiger partial charge in [-0.25, -0.2) is 0 Å². The largest absolute Gasteiger partial charge is 0.373 e. The van der Waals surface area contributed by atoms with Crippen molar-refractivity contribution in [1.82, 2.24) is 4.90 Å². The van der Waals surface area contributed by atoms with Crippen LogP contribution in [0.5, 0.6) is 0 Å². The van der Waals surface area contributed by atoms with Crippen molar-refractivity contribution < 1.29 is 4.74 Å². The van der Waals surface area contributed by atoms with E-state index >= 15 is 0 Å². The van der Waals surface area contributed by atoms with Crippen LogP contribution >= 0.6 is 0 Å². The zero-order valence-corrected chi connectivity index (χ0v) is 11.0. The Labute approximate surface area is 104 Å². The fourth-order valence-electron chi connectivity index (χ4n) is 2.23. The molecule has 1 aromatic carbocycles. The summed E-state index contributed by atoms with van der Waals surface area (Å²) in [5, 5.41) is 0. The summed E-state index contributed by atoms with van der Waals surface area (Å²) in [6.07, 6.45) is 0.319. The highest BCUT2D eigenvalue weighted by atomic mass is 16.5. The fraction of sp³-hybridized carbons (Fsp3) is 0.571. The van der Waals surface area contributed by atoms with Crippen molar-refractivity contribution in [2.75, 3.05) is 45.2 Å². The number of benzene rings is 1. The summed E-state index contributed by atoms with van der Waals surface area (Å²) in [6.45, 7) is 5.92. The van der Waals surface area contributed by atoms with Gasteiger partial charge in [0.15, 0.2) is 0 Å². The van der Waals surface area contributed by atoms with Crippen LogP contribution in [-0.2, 0) is 4.74 Å². The number of hydrogen-bond acceptors (Lipinski definition) is 3. The van der Waals surface area contributed by atoms with Gasteiger partial charge in [0.1, 0.15) is 0 Å². The molecule has 0 amide bonds. The second-order valence-electron chi connectivity index (χ2n) is 5.04. The lowest BCUT2D eigenvalue weighted by Crippen LogP contribution is -2.46. The maximum atomic E-state index is 5.78. The quantitative estimate of drug-likeness (QED) is 0.792. The number of nitrogens with zero attached hydrogens (tertiary/aromatic N) is 2. The van der Waals surface area contributed by atoms with Crippen molar-refractivity contribution in [3.05, 3.63) is 29.8 Å².